The molecule has 0 atom stereocenters. The van der Waals surface area contributed by atoms with Crippen LogP contribution in [0, 0.1) is 20.2 Å². The van der Waals surface area contributed by atoms with Crippen molar-refractivity contribution in [2.45, 2.75) is 19.5 Å². The Bertz CT molecular complexity index is 1480. The van der Waals surface area contributed by atoms with E-state index in [-0.39, 0.29) is 54.3 Å². The van der Waals surface area contributed by atoms with Crippen molar-refractivity contribution in [2.24, 2.45) is 0 Å². The number of hydrogen-bond acceptors (Lipinski definition) is 8. The minimum absolute atomic E-state index is 0.0450. The van der Waals surface area contributed by atoms with Crippen LogP contribution in [-0.2, 0) is 24.3 Å². The van der Waals surface area contributed by atoms with Crippen LogP contribution in [0.4, 0.5) is 11.4 Å². The minimum Gasteiger partial charge on any atom is -0.354 e. The molecule has 0 unspecified atom stereocenters. The van der Waals surface area contributed by atoms with Gasteiger partial charge in [0.05, 0.1) is 35.6 Å². The molecule has 1 N–H and O–H groups in total. The summed E-state index contributed by atoms with van der Waals surface area (Å²) in [5, 5.41) is 28.9. The van der Waals surface area contributed by atoms with E-state index in [2.05, 4.69) is 15.4 Å². The predicted molar refractivity (Wildman–Crippen MR) is 124 cm³/mol. The molecule has 4 rings (SSSR count). The van der Waals surface area contributed by atoms with Crippen LogP contribution in [0.2, 0.25) is 0 Å². The molecule has 2 aromatic carbocycles. The first-order chi connectivity index (χ1) is 16.8. The highest BCUT2D eigenvalue weighted by Crippen LogP contribution is 2.14. The fraction of sp³-hybridized carbons (Fsp3) is 0.182. The summed E-state index contributed by atoms with van der Waals surface area (Å²) >= 11 is 0. The average Bonchev–Trinajstić information content (AvgIpc) is 3.25. The Morgan fingerprint density at radius 2 is 1.74 bits per heavy atom. The molecule has 0 aliphatic rings. The van der Waals surface area contributed by atoms with Gasteiger partial charge in [0.15, 0.2) is 5.65 Å². The van der Waals surface area contributed by atoms with Gasteiger partial charge in [-0.15, -0.1) is 0 Å². The van der Waals surface area contributed by atoms with Crippen LogP contribution in [0.3, 0.4) is 0 Å². The SMILES string of the molecule is O=C(Cc1ccc([N+](=O)[O-])cc1)NCCn1ncc2c(=O)n(Cc3cccc([N+](=O)[O-])c3)cnc21. The summed E-state index contributed by atoms with van der Waals surface area (Å²) in [6.45, 7) is 0.630. The monoisotopic (exact) mass is 477 g/mol. The molecule has 2 aromatic heterocycles. The number of aromatic nitrogens is 4. The van der Waals surface area contributed by atoms with Gasteiger partial charge in [0, 0.05) is 30.8 Å². The summed E-state index contributed by atoms with van der Waals surface area (Å²) in [5.74, 6) is -0.261. The first-order valence-corrected chi connectivity index (χ1v) is 10.5. The van der Waals surface area contributed by atoms with Gasteiger partial charge in [-0.25, -0.2) is 9.67 Å². The van der Waals surface area contributed by atoms with Gasteiger partial charge in [0.2, 0.25) is 5.91 Å². The molecule has 4 aromatic rings. The third-order valence-corrected chi connectivity index (χ3v) is 5.25. The molecule has 0 spiro atoms. The average molecular weight is 477 g/mol. The minimum atomic E-state index is -0.505. The number of benzene rings is 2. The third-order valence-electron chi connectivity index (χ3n) is 5.25. The van der Waals surface area contributed by atoms with Gasteiger partial charge in [-0.1, -0.05) is 24.3 Å². The molecule has 0 saturated carbocycles. The number of carbonyl (C=O) groups excluding carboxylic acids is 1. The fourth-order valence-corrected chi connectivity index (χ4v) is 3.52. The zero-order valence-electron chi connectivity index (χ0n) is 18.2. The van der Waals surface area contributed by atoms with Crippen LogP contribution in [0.25, 0.3) is 11.0 Å². The largest absolute Gasteiger partial charge is 0.354 e. The number of nitro groups is 2. The molecular formula is C22H19N7O6. The van der Waals surface area contributed by atoms with Crippen molar-refractivity contribution >= 4 is 28.3 Å². The number of non-ortho nitro benzene ring substituents is 2. The van der Waals surface area contributed by atoms with Gasteiger partial charge in [0.25, 0.3) is 16.9 Å². The maximum Gasteiger partial charge on any atom is 0.269 e. The van der Waals surface area contributed by atoms with Crippen molar-refractivity contribution in [1.29, 1.82) is 0 Å². The predicted octanol–water partition coefficient (Wildman–Crippen LogP) is 1.82. The fourth-order valence-electron chi connectivity index (χ4n) is 3.52. The first kappa shape index (κ1) is 23.2. The van der Waals surface area contributed by atoms with Crippen molar-refractivity contribution in [3.8, 4) is 0 Å². The van der Waals surface area contributed by atoms with Crippen LogP contribution in [0.15, 0.2) is 65.8 Å². The van der Waals surface area contributed by atoms with Gasteiger partial charge >= 0.3 is 0 Å². The molecule has 0 bridgehead atoms. The summed E-state index contributed by atoms with van der Waals surface area (Å²) < 4.78 is 2.85. The second-order valence-corrected chi connectivity index (χ2v) is 7.66. The molecule has 13 nitrogen and oxygen atoms in total. The van der Waals surface area contributed by atoms with Crippen LogP contribution >= 0.6 is 0 Å². The standard InChI is InChI=1S/C22H19N7O6/c30-20(11-15-4-6-17(7-5-15)28(32)33)23-8-9-27-21-19(12-25-27)22(31)26(14-24-21)13-16-2-1-3-18(10-16)29(34)35/h1-7,10,12,14H,8-9,11,13H2,(H,23,30). The van der Waals surface area contributed by atoms with E-state index in [4.69, 9.17) is 0 Å². The molecule has 0 fully saturated rings. The van der Waals surface area contributed by atoms with E-state index in [1.54, 1.807) is 12.1 Å². The van der Waals surface area contributed by atoms with E-state index in [1.807, 2.05) is 0 Å². The van der Waals surface area contributed by atoms with E-state index < -0.39 is 9.85 Å². The summed E-state index contributed by atoms with van der Waals surface area (Å²) in [5.41, 5.74) is 1.14. The summed E-state index contributed by atoms with van der Waals surface area (Å²) in [6.07, 6.45) is 2.82. The van der Waals surface area contributed by atoms with Crippen molar-refractivity contribution in [3.63, 3.8) is 0 Å². The van der Waals surface area contributed by atoms with Crippen molar-refractivity contribution in [3.05, 3.63) is 103 Å². The lowest BCUT2D eigenvalue weighted by molar-refractivity contribution is -0.385. The zero-order valence-corrected chi connectivity index (χ0v) is 18.2. The maximum absolute atomic E-state index is 12.8. The highest BCUT2D eigenvalue weighted by atomic mass is 16.6. The van der Waals surface area contributed by atoms with Gasteiger partial charge < -0.3 is 5.32 Å². The second kappa shape index (κ2) is 9.91. The summed E-state index contributed by atoms with van der Waals surface area (Å²) in [4.78, 5) is 50.0. The highest BCUT2D eigenvalue weighted by Gasteiger charge is 2.13. The van der Waals surface area contributed by atoms with E-state index >= 15 is 0 Å². The van der Waals surface area contributed by atoms with E-state index in [0.29, 0.717) is 16.8 Å². The Morgan fingerprint density at radius 1 is 1.00 bits per heavy atom. The van der Waals surface area contributed by atoms with Crippen LogP contribution < -0.4 is 10.9 Å². The molecule has 0 radical (unpaired) electrons. The molecule has 2 heterocycles. The molecule has 0 saturated heterocycles. The first-order valence-electron chi connectivity index (χ1n) is 10.5. The lowest BCUT2D eigenvalue weighted by atomic mass is 10.1. The van der Waals surface area contributed by atoms with Gasteiger partial charge in [-0.3, -0.25) is 34.4 Å². The van der Waals surface area contributed by atoms with E-state index in [0.717, 1.165) is 0 Å². The number of fused-ring (bicyclic) bond motifs is 1. The number of nitrogens with one attached hydrogen (secondary N) is 1. The van der Waals surface area contributed by atoms with Crippen molar-refractivity contribution < 1.29 is 14.6 Å². The molecule has 0 aliphatic carbocycles. The topological polar surface area (TPSA) is 168 Å². The van der Waals surface area contributed by atoms with E-state index in [9.17, 15) is 29.8 Å². The third kappa shape index (κ3) is 5.35. The molecule has 1 amide bonds. The van der Waals surface area contributed by atoms with Gasteiger partial charge in [0.1, 0.15) is 11.7 Å². The smallest absolute Gasteiger partial charge is 0.269 e. The number of nitro benzene ring substituents is 2. The number of rotatable bonds is 9. The number of nitrogens with zero attached hydrogens (tertiary/aromatic N) is 6. The van der Waals surface area contributed by atoms with Crippen molar-refractivity contribution in [2.75, 3.05) is 6.54 Å². The Morgan fingerprint density at radius 3 is 2.46 bits per heavy atom. The molecule has 0 aliphatic heterocycles. The highest BCUT2D eigenvalue weighted by molar-refractivity contribution is 5.78. The quantitative estimate of drug-likeness (QED) is 0.281. The molecule has 13 heteroatoms. The normalized spacial score (nSPS) is 10.9. The van der Waals surface area contributed by atoms with Crippen LogP contribution in [-0.4, -0.2) is 41.6 Å². The van der Waals surface area contributed by atoms with Crippen LogP contribution in [0.1, 0.15) is 11.1 Å². The summed E-state index contributed by atoms with van der Waals surface area (Å²) in [6, 6.07) is 11.8. The Labute approximate surface area is 196 Å². The number of amides is 1. The summed E-state index contributed by atoms with van der Waals surface area (Å²) in [7, 11) is 0. The number of hydrogen-bond donors (Lipinski definition) is 1. The molecule has 35 heavy (non-hydrogen) atoms. The lowest BCUT2D eigenvalue weighted by Crippen LogP contribution is -2.29. The van der Waals surface area contributed by atoms with Gasteiger partial charge in [-0.05, 0) is 11.1 Å². The number of carbonyl (C=O) groups is 1. The van der Waals surface area contributed by atoms with E-state index in [1.165, 1.54) is 58.2 Å². The van der Waals surface area contributed by atoms with Gasteiger partial charge in [-0.2, -0.15) is 5.10 Å². The molecule has 178 valence electrons. The second-order valence-electron chi connectivity index (χ2n) is 7.66. The van der Waals surface area contributed by atoms with Crippen molar-refractivity contribution in [1.82, 2.24) is 24.6 Å². The Hall–Kier alpha value is -4.94. The Balaban J connectivity index is 1.38. The zero-order chi connectivity index (χ0) is 24.9. The lowest BCUT2D eigenvalue weighted by Gasteiger charge is -2.08. The maximum atomic E-state index is 12.8. The molecular weight excluding hydrogens is 458 g/mol. The Kier molecular flexibility index (Phi) is 6.57. The van der Waals surface area contributed by atoms with Crippen LogP contribution in [0.5, 0.6) is 0 Å².